The number of hydrogen-bond acceptors (Lipinski definition) is 4. The van der Waals surface area contributed by atoms with Crippen molar-refractivity contribution in [3.8, 4) is 0 Å². The summed E-state index contributed by atoms with van der Waals surface area (Å²) in [6.45, 7) is 9.80. The van der Waals surface area contributed by atoms with Gasteiger partial charge in [-0.3, -0.25) is 0 Å². The molecule has 2 rings (SSSR count). The van der Waals surface area contributed by atoms with Crippen molar-refractivity contribution in [3.05, 3.63) is 22.9 Å². The van der Waals surface area contributed by atoms with Crippen molar-refractivity contribution in [2.24, 2.45) is 0 Å². The molecule has 19 heavy (non-hydrogen) atoms. The largest absolute Gasteiger partial charge is 0.478 e. The molecule has 1 aliphatic rings. The molecule has 104 valence electrons. The maximum absolute atomic E-state index is 11.5. The molecule has 5 heteroatoms. The molecule has 0 spiro atoms. The van der Waals surface area contributed by atoms with Crippen LogP contribution in [0.5, 0.6) is 0 Å². The molecule has 1 aromatic rings. The highest BCUT2D eigenvalue weighted by Gasteiger charge is 2.30. The summed E-state index contributed by atoms with van der Waals surface area (Å²) in [7, 11) is 0. The first-order valence-corrected chi connectivity index (χ1v) is 7.39. The summed E-state index contributed by atoms with van der Waals surface area (Å²) in [5.74, 6) is 0.732. The van der Waals surface area contributed by atoms with Gasteiger partial charge in [-0.15, -0.1) is 0 Å². The summed E-state index contributed by atoms with van der Waals surface area (Å²) < 4.78 is 0.132. The lowest BCUT2D eigenvalue weighted by Gasteiger charge is -2.39. The molecule has 2 heterocycles. The van der Waals surface area contributed by atoms with E-state index in [-0.39, 0.29) is 4.75 Å². The summed E-state index contributed by atoms with van der Waals surface area (Å²) in [5, 5.41) is 9.43. The topological polar surface area (TPSA) is 53.4 Å². The Morgan fingerprint density at radius 3 is 2.74 bits per heavy atom. The second-order valence-corrected chi connectivity index (χ2v) is 7.42. The van der Waals surface area contributed by atoms with E-state index in [1.807, 2.05) is 31.7 Å². The quantitative estimate of drug-likeness (QED) is 0.902. The highest BCUT2D eigenvalue weighted by Crippen LogP contribution is 2.33. The fraction of sp³-hybridized carbons (Fsp3) is 0.571. The van der Waals surface area contributed by atoms with E-state index in [9.17, 15) is 9.90 Å². The van der Waals surface area contributed by atoms with Gasteiger partial charge in [0.25, 0.3) is 0 Å². The van der Waals surface area contributed by atoms with Gasteiger partial charge in [0.1, 0.15) is 11.4 Å². The van der Waals surface area contributed by atoms with E-state index in [1.165, 1.54) is 0 Å². The van der Waals surface area contributed by atoms with E-state index in [4.69, 9.17) is 0 Å². The van der Waals surface area contributed by atoms with Crippen LogP contribution < -0.4 is 4.90 Å². The standard InChI is InChI=1S/C14H20N2O2S/c1-9-7-10(2)15-12(11(9)13(17)18)16-5-6-19-14(3,4)8-16/h7H,5-6,8H2,1-4H3,(H,17,18). The Balaban J connectivity index is 2.46. The Morgan fingerprint density at radius 2 is 2.16 bits per heavy atom. The summed E-state index contributed by atoms with van der Waals surface area (Å²) >= 11 is 1.92. The second kappa shape index (κ2) is 5.04. The van der Waals surface area contributed by atoms with Crippen LogP contribution in [-0.2, 0) is 0 Å². The molecule has 1 fully saturated rings. The van der Waals surface area contributed by atoms with Gasteiger partial charge in [0.15, 0.2) is 0 Å². The van der Waals surface area contributed by atoms with E-state index < -0.39 is 5.97 Å². The van der Waals surface area contributed by atoms with E-state index in [2.05, 4.69) is 23.7 Å². The Bertz CT molecular complexity index is 514. The molecule has 0 aliphatic carbocycles. The van der Waals surface area contributed by atoms with Crippen LogP contribution >= 0.6 is 11.8 Å². The molecule has 0 atom stereocenters. The molecule has 1 aliphatic heterocycles. The number of aryl methyl sites for hydroxylation is 2. The van der Waals surface area contributed by atoms with Crippen molar-refractivity contribution < 1.29 is 9.90 Å². The van der Waals surface area contributed by atoms with Crippen molar-refractivity contribution in [3.63, 3.8) is 0 Å². The normalized spacial score (nSPS) is 18.4. The molecule has 0 saturated carbocycles. The van der Waals surface area contributed by atoms with Crippen molar-refractivity contribution >= 4 is 23.5 Å². The molecule has 1 N–H and O–H groups in total. The molecule has 0 amide bonds. The molecular weight excluding hydrogens is 260 g/mol. The van der Waals surface area contributed by atoms with Gasteiger partial charge in [0, 0.05) is 29.3 Å². The lowest BCUT2D eigenvalue weighted by molar-refractivity contribution is 0.0696. The predicted molar refractivity (Wildman–Crippen MR) is 79.4 cm³/mol. The Hall–Kier alpha value is -1.23. The maximum Gasteiger partial charge on any atom is 0.339 e. The Morgan fingerprint density at radius 1 is 1.47 bits per heavy atom. The molecule has 0 unspecified atom stereocenters. The first kappa shape index (κ1) is 14.2. The van der Waals surface area contributed by atoms with E-state index in [0.29, 0.717) is 11.4 Å². The Labute approximate surface area is 118 Å². The van der Waals surface area contributed by atoms with E-state index in [0.717, 1.165) is 30.1 Å². The fourth-order valence-corrected chi connectivity index (χ4v) is 3.62. The average molecular weight is 280 g/mol. The highest BCUT2D eigenvalue weighted by molar-refractivity contribution is 8.00. The van der Waals surface area contributed by atoms with Gasteiger partial charge >= 0.3 is 5.97 Å². The first-order valence-electron chi connectivity index (χ1n) is 6.40. The number of hydrogen-bond donors (Lipinski definition) is 1. The zero-order valence-electron chi connectivity index (χ0n) is 11.9. The molecule has 0 radical (unpaired) electrons. The molecule has 4 nitrogen and oxygen atoms in total. The average Bonchev–Trinajstić information content (AvgIpc) is 2.25. The van der Waals surface area contributed by atoms with Crippen LogP contribution in [0.4, 0.5) is 5.82 Å². The number of carboxylic acid groups (broad SMARTS) is 1. The van der Waals surface area contributed by atoms with Crippen molar-refractivity contribution in [1.29, 1.82) is 0 Å². The maximum atomic E-state index is 11.5. The van der Waals surface area contributed by atoms with Gasteiger partial charge in [-0.05, 0) is 39.3 Å². The van der Waals surface area contributed by atoms with E-state index in [1.54, 1.807) is 0 Å². The lowest BCUT2D eigenvalue weighted by atomic mass is 10.1. The smallest absolute Gasteiger partial charge is 0.339 e. The van der Waals surface area contributed by atoms with Gasteiger partial charge in [0.05, 0.1) is 0 Å². The molecule has 1 aromatic heterocycles. The summed E-state index contributed by atoms with van der Waals surface area (Å²) in [5.41, 5.74) is 1.99. The van der Waals surface area contributed by atoms with Crippen LogP contribution in [0.25, 0.3) is 0 Å². The van der Waals surface area contributed by atoms with Crippen LogP contribution in [0.2, 0.25) is 0 Å². The van der Waals surface area contributed by atoms with Gasteiger partial charge in [-0.2, -0.15) is 11.8 Å². The van der Waals surface area contributed by atoms with Crippen LogP contribution in [0.1, 0.15) is 35.5 Å². The number of aromatic nitrogens is 1. The Kier molecular flexibility index (Phi) is 3.76. The van der Waals surface area contributed by atoms with Crippen molar-refractivity contribution in [1.82, 2.24) is 4.98 Å². The number of rotatable bonds is 2. The van der Waals surface area contributed by atoms with Gasteiger partial charge < -0.3 is 10.0 Å². The minimum Gasteiger partial charge on any atom is -0.478 e. The SMILES string of the molecule is Cc1cc(C)c(C(=O)O)c(N2CCSC(C)(C)C2)n1. The van der Waals surface area contributed by atoms with Gasteiger partial charge in [0.2, 0.25) is 0 Å². The van der Waals surface area contributed by atoms with Gasteiger partial charge in [-0.25, -0.2) is 9.78 Å². The zero-order valence-corrected chi connectivity index (χ0v) is 12.7. The van der Waals surface area contributed by atoms with Crippen molar-refractivity contribution in [2.75, 3.05) is 23.7 Å². The number of pyridine rings is 1. The monoisotopic (exact) mass is 280 g/mol. The summed E-state index contributed by atoms with van der Waals surface area (Å²) in [4.78, 5) is 18.1. The van der Waals surface area contributed by atoms with Crippen molar-refractivity contribution in [2.45, 2.75) is 32.4 Å². The predicted octanol–water partition coefficient (Wildman–Crippen LogP) is 2.73. The highest BCUT2D eigenvalue weighted by atomic mass is 32.2. The number of carboxylic acids is 1. The van der Waals surface area contributed by atoms with Crippen LogP contribution in [0.15, 0.2) is 6.07 Å². The number of aromatic carboxylic acids is 1. The third-order valence-corrected chi connectivity index (χ3v) is 4.56. The van der Waals surface area contributed by atoms with Crippen LogP contribution in [-0.4, -0.2) is 39.6 Å². The summed E-state index contributed by atoms with van der Waals surface area (Å²) in [6, 6.07) is 1.83. The van der Waals surface area contributed by atoms with Crippen LogP contribution in [0.3, 0.4) is 0 Å². The number of anilines is 1. The molecule has 1 saturated heterocycles. The number of thioether (sulfide) groups is 1. The third-order valence-electron chi connectivity index (χ3n) is 3.26. The molecule has 0 aromatic carbocycles. The number of carbonyl (C=O) groups is 1. The van der Waals surface area contributed by atoms with Gasteiger partial charge in [-0.1, -0.05) is 0 Å². The minimum absolute atomic E-state index is 0.132. The lowest BCUT2D eigenvalue weighted by Crippen LogP contribution is -2.44. The third kappa shape index (κ3) is 3.03. The molecular formula is C14H20N2O2S. The molecule has 0 bridgehead atoms. The first-order chi connectivity index (χ1) is 8.80. The fourth-order valence-electron chi connectivity index (χ4n) is 2.51. The van der Waals surface area contributed by atoms with E-state index >= 15 is 0 Å². The summed E-state index contributed by atoms with van der Waals surface area (Å²) in [6.07, 6.45) is 0. The minimum atomic E-state index is -0.893. The zero-order chi connectivity index (χ0) is 14.2. The second-order valence-electron chi connectivity index (χ2n) is 5.61. The number of nitrogens with zero attached hydrogens (tertiary/aromatic N) is 2. The van der Waals surface area contributed by atoms with Crippen LogP contribution in [0, 0.1) is 13.8 Å².